The van der Waals surface area contributed by atoms with Crippen LogP contribution in [0.25, 0.3) is 0 Å². The quantitative estimate of drug-likeness (QED) is 0.769. The molecule has 2 rings (SSSR count). The molecule has 4 N–H and O–H groups in total. The number of aliphatic hydroxyl groups is 1. The zero-order chi connectivity index (χ0) is 15.4. The van der Waals surface area contributed by atoms with Crippen molar-refractivity contribution in [1.82, 2.24) is 9.88 Å². The van der Waals surface area contributed by atoms with E-state index in [-0.39, 0.29) is 18.4 Å². The Bertz CT molecular complexity index is 489. The van der Waals surface area contributed by atoms with Gasteiger partial charge in [0.25, 0.3) is 5.91 Å². The van der Waals surface area contributed by atoms with E-state index in [1.807, 2.05) is 0 Å². The standard InChI is InChI=1S/C14H24N4O2S/c1-9(2)6-16-14-17-12(15)11(21-14)13(20)18-5-3-4-10(7-18)8-19/h9-10,19H,3-8,15H2,1-2H3,(H,16,17). The minimum Gasteiger partial charge on any atom is -0.396 e. The normalized spacial score (nSPS) is 19.0. The fourth-order valence-electron chi connectivity index (χ4n) is 2.39. The van der Waals surface area contributed by atoms with E-state index >= 15 is 0 Å². The second-order valence-corrected chi connectivity index (χ2v) is 6.95. The van der Waals surface area contributed by atoms with E-state index in [2.05, 4.69) is 24.1 Å². The first kappa shape index (κ1) is 16.0. The fraction of sp³-hybridized carbons (Fsp3) is 0.714. The lowest BCUT2D eigenvalue weighted by molar-refractivity contribution is 0.0626. The lowest BCUT2D eigenvalue weighted by Gasteiger charge is -2.31. The molecule has 118 valence electrons. The van der Waals surface area contributed by atoms with Crippen molar-refractivity contribution in [2.75, 3.05) is 37.3 Å². The molecule has 1 saturated heterocycles. The Kier molecular flexibility index (Phi) is 5.41. The van der Waals surface area contributed by atoms with E-state index < -0.39 is 0 Å². The molecule has 1 amide bonds. The Morgan fingerprint density at radius 2 is 2.38 bits per heavy atom. The van der Waals surface area contributed by atoms with Gasteiger partial charge < -0.3 is 21.1 Å². The van der Waals surface area contributed by atoms with Crippen molar-refractivity contribution in [3.8, 4) is 0 Å². The maximum atomic E-state index is 12.5. The highest BCUT2D eigenvalue weighted by atomic mass is 32.1. The fourth-order valence-corrected chi connectivity index (χ4v) is 3.25. The van der Waals surface area contributed by atoms with Crippen molar-refractivity contribution >= 4 is 28.2 Å². The number of nitrogens with one attached hydrogen (secondary N) is 1. The molecule has 1 aromatic rings. The Balaban J connectivity index is 2.04. The molecule has 1 unspecified atom stereocenters. The molecule has 0 aliphatic carbocycles. The number of carbonyl (C=O) groups excluding carboxylic acids is 1. The van der Waals surface area contributed by atoms with Crippen LogP contribution in [-0.4, -0.2) is 47.1 Å². The van der Waals surface area contributed by atoms with Gasteiger partial charge in [-0.1, -0.05) is 25.2 Å². The Hall–Kier alpha value is -1.34. The summed E-state index contributed by atoms with van der Waals surface area (Å²) >= 11 is 1.31. The number of nitrogens with two attached hydrogens (primary N) is 1. The predicted molar refractivity (Wildman–Crippen MR) is 85.6 cm³/mol. The third-order valence-corrected chi connectivity index (χ3v) is 4.59. The third kappa shape index (κ3) is 4.07. The van der Waals surface area contributed by atoms with Crippen LogP contribution in [0, 0.1) is 11.8 Å². The monoisotopic (exact) mass is 312 g/mol. The second kappa shape index (κ2) is 7.09. The van der Waals surface area contributed by atoms with E-state index in [9.17, 15) is 9.90 Å². The van der Waals surface area contributed by atoms with E-state index in [4.69, 9.17) is 5.73 Å². The smallest absolute Gasteiger partial charge is 0.267 e. The summed E-state index contributed by atoms with van der Waals surface area (Å²) < 4.78 is 0. The van der Waals surface area contributed by atoms with Gasteiger partial charge in [0, 0.05) is 26.2 Å². The molecule has 1 aliphatic rings. The van der Waals surface area contributed by atoms with Gasteiger partial charge in [0.15, 0.2) is 5.13 Å². The van der Waals surface area contributed by atoms with Gasteiger partial charge in [0.1, 0.15) is 10.7 Å². The van der Waals surface area contributed by atoms with Crippen molar-refractivity contribution in [3.63, 3.8) is 0 Å². The molecule has 1 fully saturated rings. The lowest BCUT2D eigenvalue weighted by atomic mass is 9.99. The highest BCUT2D eigenvalue weighted by Gasteiger charge is 2.27. The van der Waals surface area contributed by atoms with Gasteiger partial charge >= 0.3 is 0 Å². The van der Waals surface area contributed by atoms with Crippen LogP contribution in [0.4, 0.5) is 10.9 Å². The topological polar surface area (TPSA) is 91.5 Å². The zero-order valence-corrected chi connectivity index (χ0v) is 13.4. The molecule has 0 bridgehead atoms. The number of carbonyl (C=O) groups is 1. The minimum atomic E-state index is -0.0688. The van der Waals surface area contributed by atoms with Crippen LogP contribution in [0.2, 0.25) is 0 Å². The van der Waals surface area contributed by atoms with Gasteiger partial charge in [0.05, 0.1) is 0 Å². The van der Waals surface area contributed by atoms with Crippen molar-refractivity contribution in [2.24, 2.45) is 11.8 Å². The summed E-state index contributed by atoms with van der Waals surface area (Å²) in [7, 11) is 0. The number of anilines is 2. The molecule has 7 heteroatoms. The van der Waals surface area contributed by atoms with Gasteiger partial charge in [-0.3, -0.25) is 4.79 Å². The van der Waals surface area contributed by atoms with Crippen LogP contribution < -0.4 is 11.1 Å². The maximum Gasteiger partial charge on any atom is 0.267 e. The number of aliphatic hydroxyl groups excluding tert-OH is 1. The Morgan fingerprint density at radius 3 is 3.05 bits per heavy atom. The molecule has 0 spiro atoms. The highest BCUT2D eigenvalue weighted by molar-refractivity contribution is 7.18. The number of hydrogen-bond donors (Lipinski definition) is 3. The largest absolute Gasteiger partial charge is 0.396 e. The van der Waals surface area contributed by atoms with Gasteiger partial charge in [-0.05, 0) is 24.7 Å². The minimum absolute atomic E-state index is 0.0688. The van der Waals surface area contributed by atoms with E-state index in [0.29, 0.717) is 28.3 Å². The number of likely N-dealkylation sites (tertiary alicyclic amines) is 1. The lowest BCUT2D eigenvalue weighted by Crippen LogP contribution is -2.40. The predicted octanol–water partition coefficient (Wildman–Crippen LogP) is 1.64. The van der Waals surface area contributed by atoms with Crippen LogP contribution in [0.3, 0.4) is 0 Å². The molecule has 21 heavy (non-hydrogen) atoms. The molecule has 1 atom stereocenters. The van der Waals surface area contributed by atoms with E-state index in [1.165, 1.54) is 11.3 Å². The summed E-state index contributed by atoms with van der Waals surface area (Å²) in [5.41, 5.74) is 5.88. The number of hydrogen-bond acceptors (Lipinski definition) is 6. The van der Waals surface area contributed by atoms with Gasteiger partial charge in [-0.2, -0.15) is 0 Å². The van der Waals surface area contributed by atoms with Crippen molar-refractivity contribution < 1.29 is 9.90 Å². The van der Waals surface area contributed by atoms with Gasteiger partial charge in [-0.25, -0.2) is 4.98 Å². The summed E-state index contributed by atoms with van der Waals surface area (Å²) in [5, 5.41) is 13.2. The molecule has 6 nitrogen and oxygen atoms in total. The van der Waals surface area contributed by atoms with E-state index in [1.54, 1.807) is 4.90 Å². The number of amides is 1. The van der Waals surface area contributed by atoms with Crippen LogP contribution in [0.5, 0.6) is 0 Å². The van der Waals surface area contributed by atoms with Crippen molar-refractivity contribution in [3.05, 3.63) is 4.88 Å². The first-order valence-corrected chi connectivity index (χ1v) is 8.23. The number of nitrogen functional groups attached to an aromatic ring is 1. The summed E-state index contributed by atoms with van der Waals surface area (Å²) in [6.07, 6.45) is 1.90. The van der Waals surface area contributed by atoms with Gasteiger partial charge in [-0.15, -0.1) is 0 Å². The molecule has 0 aromatic carbocycles. The number of rotatable bonds is 5. The summed E-state index contributed by atoms with van der Waals surface area (Å²) in [4.78, 5) is 19.0. The van der Waals surface area contributed by atoms with Crippen LogP contribution in [0.15, 0.2) is 0 Å². The molecule has 2 heterocycles. The van der Waals surface area contributed by atoms with Crippen molar-refractivity contribution in [2.45, 2.75) is 26.7 Å². The summed E-state index contributed by atoms with van der Waals surface area (Å²) in [5.74, 6) is 0.903. The third-order valence-electron chi connectivity index (χ3n) is 3.57. The molecule has 1 aromatic heterocycles. The molecular weight excluding hydrogens is 288 g/mol. The molecular formula is C14H24N4O2S. The van der Waals surface area contributed by atoms with Gasteiger partial charge in [0.2, 0.25) is 0 Å². The molecule has 0 radical (unpaired) electrons. The second-order valence-electron chi connectivity index (χ2n) is 5.95. The summed E-state index contributed by atoms with van der Waals surface area (Å²) in [6, 6.07) is 0. The number of piperidine rings is 1. The summed E-state index contributed by atoms with van der Waals surface area (Å²) in [6.45, 7) is 6.47. The Labute approximate surface area is 129 Å². The number of thiazole rings is 1. The first-order chi connectivity index (χ1) is 10.0. The number of nitrogens with zero attached hydrogens (tertiary/aromatic N) is 2. The highest BCUT2D eigenvalue weighted by Crippen LogP contribution is 2.28. The SMILES string of the molecule is CC(C)CNc1nc(N)c(C(=O)N2CCCC(CO)C2)s1. The Morgan fingerprint density at radius 1 is 1.62 bits per heavy atom. The van der Waals surface area contributed by atoms with Crippen LogP contribution >= 0.6 is 11.3 Å². The molecule has 1 aliphatic heterocycles. The first-order valence-electron chi connectivity index (χ1n) is 7.41. The van der Waals surface area contributed by atoms with Crippen LogP contribution in [-0.2, 0) is 0 Å². The zero-order valence-electron chi connectivity index (χ0n) is 12.6. The maximum absolute atomic E-state index is 12.5. The average Bonchev–Trinajstić information content (AvgIpc) is 2.85. The number of aromatic nitrogens is 1. The van der Waals surface area contributed by atoms with Crippen molar-refractivity contribution in [1.29, 1.82) is 0 Å². The van der Waals surface area contributed by atoms with E-state index in [0.717, 1.165) is 25.9 Å². The van der Waals surface area contributed by atoms with Crippen LogP contribution in [0.1, 0.15) is 36.4 Å². The molecule has 0 saturated carbocycles. The average molecular weight is 312 g/mol.